The summed E-state index contributed by atoms with van der Waals surface area (Å²) >= 11 is 0. The third kappa shape index (κ3) is 11.9. The van der Waals surface area contributed by atoms with E-state index in [0.29, 0.717) is 25.7 Å². The molecule has 0 aromatic carbocycles. The van der Waals surface area contributed by atoms with Crippen LogP contribution in [0.5, 0.6) is 0 Å². The smallest absolute Gasteiger partial charge is 0.310 e. The predicted molar refractivity (Wildman–Crippen MR) is 309 cm³/mol. The average molecular weight is 1320 g/mol. The fourth-order valence-corrected chi connectivity index (χ4v) is 18.9. The van der Waals surface area contributed by atoms with E-state index in [1.807, 2.05) is 0 Å². The molecule has 29 nitrogen and oxygen atoms in total. The number of carboxylic acids is 1. The van der Waals surface area contributed by atoms with Crippen molar-refractivity contribution >= 4 is 5.97 Å². The van der Waals surface area contributed by atoms with E-state index in [1.165, 1.54) is 12.5 Å². The Kier molecular flexibility index (Phi) is 20.4. The molecule has 17 N–H and O–H groups in total. The van der Waals surface area contributed by atoms with Crippen molar-refractivity contribution in [3.8, 4) is 0 Å². The summed E-state index contributed by atoms with van der Waals surface area (Å²) < 4.78 is 67.8. The highest BCUT2D eigenvalue weighted by atomic mass is 16.8. The second-order valence-electron chi connectivity index (χ2n) is 30.7. The molecular weight excluding hydrogens is 1220 g/mol. The normalized spacial score (nSPS) is 55.2. The summed E-state index contributed by atoms with van der Waals surface area (Å²) in [6.07, 6.45) is -43.5. The van der Waals surface area contributed by atoms with Crippen molar-refractivity contribution in [1.29, 1.82) is 0 Å². The van der Waals surface area contributed by atoms with Gasteiger partial charge in [-0.2, -0.15) is 0 Å². The topological polar surface area (TPSA) is 463 Å². The molecule has 5 aliphatic carbocycles. The zero-order chi connectivity index (χ0) is 67.0. The zero-order valence-electron chi connectivity index (χ0n) is 53.5. The highest BCUT2D eigenvalue weighted by Crippen LogP contribution is 2.76. The number of aliphatic hydroxyl groups excluding tert-OH is 16. The Balaban J connectivity index is 0.916. The number of hydrogen-bond donors (Lipinski definition) is 17. The molecule has 0 amide bonds. The molecule has 0 aromatic rings. The van der Waals surface area contributed by atoms with Crippen LogP contribution in [0.1, 0.15) is 120 Å². The molecule has 0 aromatic heterocycles. The summed E-state index contributed by atoms with van der Waals surface area (Å²) in [5.74, 6) is -0.620. The van der Waals surface area contributed by atoms with Crippen LogP contribution in [0.15, 0.2) is 11.6 Å². The van der Waals surface area contributed by atoms with E-state index in [9.17, 15) is 91.6 Å². The molecule has 528 valence electrons. The summed E-state index contributed by atoms with van der Waals surface area (Å²) in [4.78, 5) is 13.4. The summed E-state index contributed by atoms with van der Waals surface area (Å²) in [7, 11) is 0. The van der Waals surface area contributed by atoms with Crippen LogP contribution < -0.4 is 0 Å². The Labute approximate surface area is 534 Å². The van der Waals surface area contributed by atoms with E-state index in [1.54, 1.807) is 0 Å². The molecule has 0 spiro atoms. The van der Waals surface area contributed by atoms with Crippen LogP contribution in [0, 0.1) is 50.2 Å². The highest BCUT2D eigenvalue weighted by Gasteiger charge is 2.70. The minimum absolute atomic E-state index is 0.00248. The second-order valence-corrected chi connectivity index (χ2v) is 30.7. The van der Waals surface area contributed by atoms with Crippen LogP contribution in [-0.4, -0.2) is 297 Å². The summed E-state index contributed by atoms with van der Waals surface area (Å²) in [5, 5.41) is 190. The Morgan fingerprint density at radius 1 is 0.500 bits per heavy atom. The lowest BCUT2D eigenvalue weighted by molar-refractivity contribution is -0.411. The standard InChI is InChI=1S/C63H102O29/c1-24-34(68)38(72)42(76)53(84-24)91-50-40(74)37(71)29(20-64)85-56(50)89-47-44(78)49(48-39(73)35(69)27(66)22-82-48)90-54(45(47)79)92-51-43(77)46(88-52-41(75)36(70)28(67)23-83-52)30(21-65)86-55(51)87-33-12-13-60(6)31(59(33,4)5)11-14-62(8)32(60)10-9-25-26-19-58(2,3)15-17-63(26,57(80)81)18-16-61(25,62)7/h9,24,26-56,64-79H,10-23H2,1-8H3,(H,80,81). The van der Waals surface area contributed by atoms with Crippen LogP contribution in [-0.2, 0) is 56.9 Å². The molecule has 6 saturated heterocycles. The molecular formula is C63H102O29. The quantitative estimate of drug-likeness (QED) is 0.0593. The van der Waals surface area contributed by atoms with Gasteiger partial charge in [0.05, 0.1) is 44.1 Å². The number of aliphatic carboxylic acids is 1. The van der Waals surface area contributed by atoms with Crippen LogP contribution >= 0.6 is 0 Å². The minimum Gasteiger partial charge on any atom is -0.481 e. The molecule has 6 aliphatic heterocycles. The van der Waals surface area contributed by atoms with Crippen LogP contribution in [0.25, 0.3) is 0 Å². The van der Waals surface area contributed by atoms with Gasteiger partial charge in [-0.15, -0.1) is 0 Å². The largest absolute Gasteiger partial charge is 0.481 e. The average Bonchev–Trinajstić information content (AvgIpc) is 0.677. The van der Waals surface area contributed by atoms with Crippen molar-refractivity contribution in [3.05, 3.63) is 11.6 Å². The molecule has 29 heteroatoms. The maximum atomic E-state index is 13.4. The molecule has 11 rings (SSSR count). The first-order chi connectivity index (χ1) is 43.1. The number of hydrogen-bond acceptors (Lipinski definition) is 28. The van der Waals surface area contributed by atoms with E-state index >= 15 is 0 Å². The number of allylic oxidation sites excluding steroid dienone is 2. The van der Waals surface area contributed by atoms with Gasteiger partial charge < -0.3 is 139 Å². The molecule has 11 aliphatic rings. The lowest BCUT2D eigenvalue weighted by Gasteiger charge is -2.71. The van der Waals surface area contributed by atoms with Gasteiger partial charge in [-0.3, -0.25) is 4.79 Å². The fraction of sp³-hybridized carbons (Fsp3) is 0.952. The minimum atomic E-state index is -2.29. The Morgan fingerprint density at radius 3 is 1.74 bits per heavy atom. The first-order valence-corrected chi connectivity index (χ1v) is 32.9. The Bertz CT molecular complexity index is 2600. The van der Waals surface area contributed by atoms with Gasteiger partial charge in [0, 0.05) is 0 Å². The number of carboxylic acid groups (broad SMARTS) is 1. The molecule has 92 heavy (non-hydrogen) atoms. The number of fused-ring (bicyclic) bond motifs is 7. The maximum absolute atomic E-state index is 13.4. The fourth-order valence-electron chi connectivity index (χ4n) is 18.9. The molecule has 6 heterocycles. The molecule has 10 fully saturated rings. The Hall–Kier alpha value is -1.87. The molecule has 0 radical (unpaired) electrons. The van der Waals surface area contributed by atoms with Gasteiger partial charge in [-0.05, 0) is 116 Å². The SMILES string of the molecule is CC1OC(OC2C(OC3C(O)C(OC4C(OC5CCC6(C)C(CCC7(C)C6CC=C6C8CC(C)(C)CCC8(C(=O)O)CCC67C)C5(C)C)OC(CO)C(OC5OCC(O)C(O)C5O)C4O)OC(C4OCC(O)C(O)C4O)C3O)OC(CO)C(O)C2O)C(O)C(O)C1O. The summed E-state index contributed by atoms with van der Waals surface area (Å²) in [6.45, 7) is 14.2. The lowest BCUT2D eigenvalue weighted by Crippen LogP contribution is -2.70. The Morgan fingerprint density at radius 2 is 1.08 bits per heavy atom. The van der Waals surface area contributed by atoms with Crippen molar-refractivity contribution in [1.82, 2.24) is 0 Å². The maximum Gasteiger partial charge on any atom is 0.310 e. The first-order valence-electron chi connectivity index (χ1n) is 32.9. The molecule has 36 unspecified atom stereocenters. The van der Waals surface area contributed by atoms with E-state index in [0.717, 1.165) is 38.5 Å². The van der Waals surface area contributed by atoms with E-state index in [-0.39, 0.29) is 39.4 Å². The van der Waals surface area contributed by atoms with Crippen molar-refractivity contribution in [3.63, 3.8) is 0 Å². The van der Waals surface area contributed by atoms with E-state index in [4.69, 9.17) is 52.1 Å². The number of aliphatic hydroxyl groups is 16. The first kappa shape index (κ1) is 71.4. The van der Waals surface area contributed by atoms with Gasteiger partial charge >= 0.3 is 5.97 Å². The summed E-state index contributed by atoms with van der Waals surface area (Å²) in [5.41, 5.74) is -0.995. The van der Waals surface area contributed by atoms with Gasteiger partial charge in [0.15, 0.2) is 31.5 Å². The van der Waals surface area contributed by atoms with E-state index in [2.05, 4.69) is 54.5 Å². The van der Waals surface area contributed by atoms with Crippen molar-refractivity contribution < 1.29 is 144 Å². The highest BCUT2D eigenvalue weighted by molar-refractivity contribution is 5.76. The van der Waals surface area contributed by atoms with Crippen LogP contribution in [0.3, 0.4) is 0 Å². The number of ether oxygens (including phenoxy) is 11. The molecule has 0 bridgehead atoms. The predicted octanol–water partition coefficient (Wildman–Crippen LogP) is -3.49. The van der Waals surface area contributed by atoms with Crippen LogP contribution in [0.2, 0.25) is 0 Å². The van der Waals surface area contributed by atoms with Gasteiger partial charge in [-0.25, -0.2) is 0 Å². The lowest BCUT2D eigenvalue weighted by atomic mass is 9.33. The third-order valence-electron chi connectivity index (χ3n) is 24.8. The van der Waals surface area contributed by atoms with Crippen molar-refractivity contribution in [2.45, 2.75) is 298 Å². The second kappa shape index (κ2) is 26.3. The van der Waals surface area contributed by atoms with Gasteiger partial charge in [0.2, 0.25) is 0 Å². The van der Waals surface area contributed by atoms with E-state index < -0.39 is 221 Å². The van der Waals surface area contributed by atoms with Gasteiger partial charge in [-0.1, -0.05) is 60.1 Å². The van der Waals surface area contributed by atoms with Crippen molar-refractivity contribution in [2.24, 2.45) is 50.2 Å². The van der Waals surface area contributed by atoms with Crippen LogP contribution in [0.4, 0.5) is 0 Å². The van der Waals surface area contributed by atoms with Gasteiger partial charge in [0.25, 0.3) is 0 Å². The summed E-state index contributed by atoms with van der Waals surface area (Å²) in [6, 6.07) is 0. The van der Waals surface area contributed by atoms with Crippen molar-refractivity contribution in [2.75, 3.05) is 26.4 Å². The monoisotopic (exact) mass is 1320 g/mol. The molecule has 36 atom stereocenters. The number of rotatable bonds is 14. The van der Waals surface area contributed by atoms with Gasteiger partial charge in [0.1, 0.15) is 134 Å². The number of carbonyl (C=O) groups is 1. The molecule has 4 saturated carbocycles. The third-order valence-corrected chi connectivity index (χ3v) is 24.8. The zero-order valence-corrected chi connectivity index (χ0v) is 53.5.